The van der Waals surface area contributed by atoms with Gasteiger partial charge in [0.1, 0.15) is 5.82 Å². The van der Waals surface area contributed by atoms with Crippen LogP contribution < -0.4 is 16.4 Å². The number of hydrogen-bond acceptors (Lipinski definition) is 5. The number of nitrogens with zero attached hydrogens (tertiary/aromatic N) is 2. The van der Waals surface area contributed by atoms with Gasteiger partial charge >= 0.3 is 0 Å². The number of amides is 1. The minimum Gasteiger partial charge on any atom is -0.366 e. The molecule has 1 aromatic heterocycles. The molecular weight excluding hydrogens is 299 g/mol. The lowest BCUT2D eigenvalue weighted by Gasteiger charge is -2.22. The maximum absolute atomic E-state index is 13.5. The van der Waals surface area contributed by atoms with Crippen LogP contribution in [0.4, 0.5) is 10.3 Å². The smallest absolute Gasteiger partial charge is 0.239 e. The summed E-state index contributed by atoms with van der Waals surface area (Å²) in [5, 5.41) is 12.6. The van der Waals surface area contributed by atoms with Crippen LogP contribution in [0.15, 0.2) is 18.2 Å². The first kappa shape index (κ1) is 15.4. The summed E-state index contributed by atoms with van der Waals surface area (Å²) in [5.74, 6) is 0.144. The molecule has 5 N–H and O–H groups in total. The van der Waals surface area contributed by atoms with Crippen molar-refractivity contribution >= 4 is 11.9 Å². The molecule has 2 aromatic rings. The van der Waals surface area contributed by atoms with Gasteiger partial charge in [0.15, 0.2) is 5.82 Å². The Morgan fingerprint density at radius 2 is 2.17 bits per heavy atom. The maximum atomic E-state index is 13.5. The number of carbonyl (C=O) groups is 1. The van der Waals surface area contributed by atoms with E-state index in [-0.39, 0.29) is 23.6 Å². The summed E-state index contributed by atoms with van der Waals surface area (Å²) in [5.41, 5.74) is 6.80. The van der Waals surface area contributed by atoms with E-state index in [9.17, 15) is 9.18 Å². The van der Waals surface area contributed by atoms with Crippen molar-refractivity contribution in [2.75, 3.05) is 18.8 Å². The van der Waals surface area contributed by atoms with Crippen molar-refractivity contribution in [2.24, 2.45) is 5.92 Å². The molecule has 0 bridgehead atoms. The number of benzene rings is 1. The Bertz CT molecular complexity index is 695. The van der Waals surface area contributed by atoms with Crippen LogP contribution >= 0.6 is 0 Å². The van der Waals surface area contributed by atoms with E-state index in [1.807, 2.05) is 0 Å². The van der Waals surface area contributed by atoms with Crippen LogP contribution in [0.5, 0.6) is 0 Å². The van der Waals surface area contributed by atoms with E-state index in [0.29, 0.717) is 17.9 Å². The van der Waals surface area contributed by atoms with Gasteiger partial charge < -0.3 is 16.4 Å². The number of nitrogens with one attached hydrogen (secondary N) is 3. The molecule has 1 aliphatic rings. The number of aromatic nitrogens is 3. The van der Waals surface area contributed by atoms with E-state index in [0.717, 1.165) is 31.5 Å². The third-order valence-electron chi connectivity index (χ3n) is 3.99. The molecule has 7 nitrogen and oxygen atoms in total. The summed E-state index contributed by atoms with van der Waals surface area (Å²) in [6, 6.07) is 4.34. The molecular formula is C15H19FN6O. The van der Waals surface area contributed by atoms with Crippen LogP contribution in [-0.2, 0) is 11.3 Å². The van der Waals surface area contributed by atoms with Gasteiger partial charge in [0.25, 0.3) is 0 Å². The fraction of sp³-hybridized carbons (Fsp3) is 0.400. The number of halogens is 1. The molecule has 0 spiro atoms. The van der Waals surface area contributed by atoms with Crippen molar-refractivity contribution in [3.05, 3.63) is 29.6 Å². The SMILES string of the molecule is Nc1n[nH]c(-c2cc(F)ccc2CNC(=O)C2CCNCC2)n1. The Kier molecular flexibility index (Phi) is 4.52. The van der Waals surface area contributed by atoms with Crippen LogP contribution in [0.25, 0.3) is 11.4 Å². The van der Waals surface area contributed by atoms with Crippen molar-refractivity contribution in [1.82, 2.24) is 25.8 Å². The molecule has 1 aromatic carbocycles. The second-order valence-corrected chi connectivity index (χ2v) is 5.59. The minimum atomic E-state index is -0.386. The Balaban J connectivity index is 1.73. The minimum absolute atomic E-state index is 0.0267. The van der Waals surface area contributed by atoms with Gasteiger partial charge in [-0.05, 0) is 43.6 Å². The topological polar surface area (TPSA) is 109 Å². The molecule has 1 aliphatic heterocycles. The first-order valence-corrected chi connectivity index (χ1v) is 7.58. The number of rotatable bonds is 4. The Morgan fingerprint density at radius 1 is 1.39 bits per heavy atom. The Hall–Kier alpha value is -2.48. The lowest BCUT2D eigenvalue weighted by Crippen LogP contribution is -2.37. The zero-order valence-electron chi connectivity index (χ0n) is 12.6. The summed E-state index contributed by atoms with van der Waals surface area (Å²) in [6.45, 7) is 2.02. The number of anilines is 1. The zero-order chi connectivity index (χ0) is 16.2. The summed E-state index contributed by atoms with van der Waals surface area (Å²) >= 11 is 0. The lowest BCUT2D eigenvalue weighted by atomic mass is 9.97. The van der Waals surface area contributed by atoms with Gasteiger partial charge in [0, 0.05) is 18.0 Å². The largest absolute Gasteiger partial charge is 0.366 e. The molecule has 0 aliphatic carbocycles. The highest BCUT2D eigenvalue weighted by Gasteiger charge is 2.21. The zero-order valence-corrected chi connectivity index (χ0v) is 12.6. The van der Waals surface area contributed by atoms with Gasteiger partial charge in [0.2, 0.25) is 11.9 Å². The van der Waals surface area contributed by atoms with E-state index in [4.69, 9.17) is 5.73 Å². The van der Waals surface area contributed by atoms with Gasteiger partial charge in [0.05, 0.1) is 0 Å². The van der Waals surface area contributed by atoms with Crippen molar-refractivity contribution in [3.63, 3.8) is 0 Å². The number of piperidine rings is 1. The van der Waals surface area contributed by atoms with Crippen molar-refractivity contribution in [3.8, 4) is 11.4 Å². The summed E-state index contributed by atoms with van der Waals surface area (Å²) in [4.78, 5) is 16.2. The fourth-order valence-corrected chi connectivity index (χ4v) is 2.73. The van der Waals surface area contributed by atoms with Crippen LogP contribution in [0.1, 0.15) is 18.4 Å². The standard InChI is InChI=1S/C15H19FN6O/c16-11-2-1-10(12(7-11)13-20-15(17)22-21-13)8-19-14(23)9-3-5-18-6-4-9/h1-2,7,9,18H,3-6,8H2,(H,19,23)(H3,17,20,21,22). The van der Waals surface area contributed by atoms with E-state index < -0.39 is 0 Å². The Morgan fingerprint density at radius 3 is 2.87 bits per heavy atom. The molecule has 3 rings (SSSR count). The average molecular weight is 318 g/mol. The number of hydrogen-bond donors (Lipinski definition) is 4. The first-order valence-electron chi connectivity index (χ1n) is 7.58. The van der Waals surface area contributed by atoms with Gasteiger partial charge in [-0.3, -0.25) is 9.89 Å². The summed E-state index contributed by atoms with van der Waals surface area (Å²) < 4.78 is 13.5. The molecule has 23 heavy (non-hydrogen) atoms. The number of carbonyl (C=O) groups excluding carboxylic acids is 1. The number of nitrogens with two attached hydrogens (primary N) is 1. The van der Waals surface area contributed by atoms with E-state index in [2.05, 4.69) is 25.8 Å². The third-order valence-corrected chi connectivity index (χ3v) is 3.99. The summed E-state index contributed by atoms with van der Waals surface area (Å²) in [7, 11) is 0. The number of nitrogen functional groups attached to an aromatic ring is 1. The van der Waals surface area contributed by atoms with Crippen molar-refractivity contribution in [1.29, 1.82) is 0 Å². The molecule has 1 saturated heterocycles. The van der Waals surface area contributed by atoms with Crippen LogP contribution in [0.2, 0.25) is 0 Å². The quantitative estimate of drug-likeness (QED) is 0.667. The Labute approximate surface area is 132 Å². The molecule has 2 heterocycles. The molecule has 0 saturated carbocycles. The van der Waals surface area contributed by atoms with E-state index in [1.165, 1.54) is 12.1 Å². The highest BCUT2D eigenvalue weighted by atomic mass is 19.1. The number of H-pyrrole nitrogens is 1. The molecule has 0 radical (unpaired) electrons. The predicted octanol–water partition coefficient (Wildman–Crippen LogP) is 0.809. The highest BCUT2D eigenvalue weighted by Crippen LogP contribution is 2.22. The molecule has 0 unspecified atom stereocenters. The second-order valence-electron chi connectivity index (χ2n) is 5.59. The van der Waals surface area contributed by atoms with Gasteiger partial charge in [-0.25, -0.2) is 4.39 Å². The van der Waals surface area contributed by atoms with Crippen LogP contribution in [0.3, 0.4) is 0 Å². The van der Waals surface area contributed by atoms with Crippen LogP contribution in [0, 0.1) is 11.7 Å². The first-order chi connectivity index (χ1) is 11.1. The van der Waals surface area contributed by atoms with E-state index >= 15 is 0 Å². The molecule has 0 atom stereocenters. The average Bonchev–Trinajstić information content (AvgIpc) is 3.00. The van der Waals surface area contributed by atoms with Gasteiger partial charge in [-0.1, -0.05) is 6.07 Å². The van der Waals surface area contributed by atoms with Gasteiger partial charge in [-0.2, -0.15) is 4.98 Å². The lowest BCUT2D eigenvalue weighted by molar-refractivity contribution is -0.125. The van der Waals surface area contributed by atoms with Crippen molar-refractivity contribution in [2.45, 2.75) is 19.4 Å². The summed E-state index contributed by atoms with van der Waals surface area (Å²) in [6.07, 6.45) is 1.67. The van der Waals surface area contributed by atoms with E-state index in [1.54, 1.807) is 6.07 Å². The predicted molar refractivity (Wildman–Crippen MR) is 83.6 cm³/mol. The third kappa shape index (κ3) is 3.65. The van der Waals surface area contributed by atoms with Crippen LogP contribution in [-0.4, -0.2) is 34.2 Å². The maximum Gasteiger partial charge on any atom is 0.239 e. The molecule has 122 valence electrons. The highest BCUT2D eigenvalue weighted by molar-refractivity contribution is 5.79. The monoisotopic (exact) mass is 318 g/mol. The number of aromatic amines is 1. The molecule has 8 heteroatoms. The molecule has 1 fully saturated rings. The van der Waals surface area contributed by atoms with Gasteiger partial charge in [-0.15, -0.1) is 5.10 Å². The van der Waals surface area contributed by atoms with Crippen molar-refractivity contribution < 1.29 is 9.18 Å². The fourth-order valence-electron chi connectivity index (χ4n) is 2.73. The normalized spacial score (nSPS) is 15.5. The second kappa shape index (κ2) is 6.74. The molecule has 1 amide bonds.